The van der Waals surface area contributed by atoms with Crippen LogP contribution in [0.3, 0.4) is 0 Å². The monoisotopic (exact) mass is 354 g/mol. The van der Waals surface area contributed by atoms with Crippen LogP contribution in [-0.4, -0.2) is 49.1 Å². The minimum absolute atomic E-state index is 0.143. The van der Waals surface area contributed by atoms with Gasteiger partial charge in [0.1, 0.15) is 11.6 Å². The molecule has 1 aromatic heterocycles. The van der Waals surface area contributed by atoms with Gasteiger partial charge in [-0.3, -0.25) is 4.79 Å². The molecule has 2 saturated heterocycles. The predicted octanol–water partition coefficient (Wildman–Crippen LogP) is 2.58. The fourth-order valence-electron chi connectivity index (χ4n) is 4.58. The van der Waals surface area contributed by atoms with E-state index >= 15 is 0 Å². The van der Waals surface area contributed by atoms with Crippen molar-refractivity contribution in [3.8, 4) is 11.9 Å². The van der Waals surface area contributed by atoms with Gasteiger partial charge in [-0.2, -0.15) is 5.26 Å². The zero-order chi connectivity index (χ0) is 18.1. The van der Waals surface area contributed by atoms with E-state index in [-0.39, 0.29) is 5.41 Å². The Bertz CT molecular complexity index is 740. The summed E-state index contributed by atoms with van der Waals surface area (Å²) in [4.78, 5) is 20.9. The Kier molecular flexibility index (Phi) is 4.47. The Morgan fingerprint density at radius 3 is 2.96 bits per heavy atom. The summed E-state index contributed by atoms with van der Waals surface area (Å²) in [5, 5.41) is 9.60. The maximum atomic E-state index is 12.4. The number of hydrogen-bond acceptors (Lipinski definition) is 5. The van der Waals surface area contributed by atoms with Gasteiger partial charge in [0.05, 0.1) is 12.8 Å². The highest BCUT2D eigenvalue weighted by Gasteiger charge is 2.43. The first-order chi connectivity index (χ1) is 12.6. The Balaban J connectivity index is 1.56. The standard InChI is InChI=1S/C20H26N4O2/c1-26-19-16(11-21)17(6-9-22-19)23-10-2-7-20(13-23)8-5-18(25)24(14-20)12-15-3-4-15/h6,9,15H,2-5,7-8,10,12-14H2,1H3/t20-/m1/s1. The first-order valence-corrected chi connectivity index (χ1v) is 9.60. The van der Waals surface area contributed by atoms with Crippen LogP contribution in [0.5, 0.6) is 5.88 Å². The highest BCUT2D eigenvalue weighted by atomic mass is 16.5. The van der Waals surface area contributed by atoms with E-state index in [4.69, 9.17) is 4.74 Å². The molecule has 2 aliphatic heterocycles. The molecule has 1 aromatic rings. The first-order valence-electron chi connectivity index (χ1n) is 9.60. The molecule has 0 N–H and O–H groups in total. The molecule has 3 heterocycles. The van der Waals surface area contributed by atoms with Gasteiger partial charge in [0.15, 0.2) is 0 Å². The number of ether oxygens (including phenoxy) is 1. The number of hydrogen-bond donors (Lipinski definition) is 0. The molecule has 1 amide bonds. The van der Waals surface area contributed by atoms with Crippen molar-refractivity contribution in [2.24, 2.45) is 11.3 Å². The number of pyridine rings is 1. The van der Waals surface area contributed by atoms with Crippen LogP contribution in [-0.2, 0) is 4.79 Å². The molecular weight excluding hydrogens is 328 g/mol. The normalized spacial score (nSPS) is 26.1. The van der Waals surface area contributed by atoms with Crippen molar-refractivity contribution in [2.75, 3.05) is 38.2 Å². The zero-order valence-corrected chi connectivity index (χ0v) is 15.4. The van der Waals surface area contributed by atoms with E-state index in [2.05, 4.69) is 20.9 Å². The van der Waals surface area contributed by atoms with Gasteiger partial charge in [0.2, 0.25) is 11.8 Å². The molecule has 1 saturated carbocycles. The van der Waals surface area contributed by atoms with Crippen molar-refractivity contribution in [3.63, 3.8) is 0 Å². The molecule has 1 spiro atoms. The lowest BCUT2D eigenvalue weighted by atomic mass is 9.73. The molecule has 3 aliphatic rings. The smallest absolute Gasteiger partial charge is 0.233 e. The number of anilines is 1. The molecule has 138 valence electrons. The molecule has 0 bridgehead atoms. The number of carbonyl (C=O) groups excluding carboxylic acids is 1. The highest BCUT2D eigenvalue weighted by molar-refractivity contribution is 5.77. The van der Waals surface area contributed by atoms with Crippen molar-refractivity contribution in [2.45, 2.75) is 38.5 Å². The summed E-state index contributed by atoms with van der Waals surface area (Å²) in [6.45, 7) is 3.62. The van der Waals surface area contributed by atoms with Crippen LogP contribution >= 0.6 is 0 Å². The van der Waals surface area contributed by atoms with Crippen LogP contribution in [0.15, 0.2) is 12.3 Å². The number of piperidine rings is 2. The van der Waals surface area contributed by atoms with Crippen molar-refractivity contribution in [1.29, 1.82) is 5.26 Å². The minimum Gasteiger partial charge on any atom is -0.480 e. The summed E-state index contributed by atoms with van der Waals surface area (Å²) in [5.41, 5.74) is 1.56. The molecule has 0 aromatic carbocycles. The maximum Gasteiger partial charge on any atom is 0.233 e. The molecule has 0 radical (unpaired) electrons. The van der Waals surface area contributed by atoms with Gasteiger partial charge in [-0.25, -0.2) is 4.98 Å². The van der Waals surface area contributed by atoms with E-state index in [1.165, 1.54) is 12.8 Å². The largest absolute Gasteiger partial charge is 0.480 e. The van der Waals surface area contributed by atoms with Crippen molar-refractivity contribution in [3.05, 3.63) is 17.8 Å². The number of carbonyl (C=O) groups is 1. The Hall–Kier alpha value is -2.29. The van der Waals surface area contributed by atoms with E-state index in [0.29, 0.717) is 23.8 Å². The SMILES string of the molecule is COc1nccc(N2CCC[C@@]3(CCC(=O)N(CC4CC4)C3)C2)c1C#N. The van der Waals surface area contributed by atoms with E-state index in [0.717, 1.165) is 57.0 Å². The third kappa shape index (κ3) is 3.23. The number of methoxy groups -OCH3 is 1. The van der Waals surface area contributed by atoms with Gasteiger partial charge in [-0.15, -0.1) is 0 Å². The van der Waals surface area contributed by atoms with Gasteiger partial charge >= 0.3 is 0 Å². The van der Waals surface area contributed by atoms with Crippen LogP contribution in [0, 0.1) is 22.7 Å². The summed E-state index contributed by atoms with van der Waals surface area (Å²) in [6.07, 6.45) is 8.10. The molecule has 3 fully saturated rings. The zero-order valence-electron chi connectivity index (χ0n) is 15.4. The minimum atomic E-state index is 0.143. The second kappa shape index (κ2) is 6.79. The van der Waals surface area contributed by atoms with Crippen molar-refractivity contribution >= 4 is 11.6 Å². The molecule has 4 rings (SSSR count). The average Bonchev–Trinajstić information content (AvgIpc) is 3.48. The van der Waals surface area contributed by atoms with Crippen LogP contribution in [0.25, 0.3) is 0 Å². The molecule has 6 nitrogen and oxygen atoms in total. The third-order valence-corrected chi connectivity index (χ3v) is 6.13. The van der Waals surface area contributed by atoms with Gasteiger partial charge in [0.25, 0.3) is 0 Å². The van der Waals surface area contributed by atoms with Gasteiger partial charge < -0.3 is 14.5 Å². The molecule has 1 aliphatic carbocycles. The molecule has 6 heteroatoms. The van der Waals surface area contributed by atoms with E-state index in [9.17, 15) is 10.1 Å². The fourth-order valence-corrected chi connectivity index (χ4v) is 4.58. The topological polar surface area (TPSA) is 69.5 Å². The first kappa shape index (κ1) is 17.1. The van der Waals surface area contributed by atoms with E-state index in [1.807, 2.05) is 6.07 Å². The van der Waals surface area contributed by atoms with E-state index in [1.54, 1.807) is 13.3 Å². The lowest BCUT2D eigenvalue weighted by Crippen LogP contribution is -2.54. The number of amides is 1. The van der Waals surface area contributed by atoms with Crippen LogP contribution in [0.4, 0.5) is 5.69 Å². The second-order valence-corrected chi connectivity index (χ2v) is 8.07. The van der Waals surface area contributed by atoms with Crippen LogP contribution in [0.1, 0.15) is 44.1 Å². The number of rotatable bonds is 4. The summed E-state index contributed by atoms with van der Waals surface area (Å²) in [6, 6.07) is 4.17. The lowest BCUT2D eigenvalue weighted by Gasteiger charge is -2.49. The van der Waals surface area contributed by atoms with Crippen LogP contribution in [0.2, 0.25) is 0 Å². The molecule has 1 atom stereocenters. The van der Waals surface area contributed by atoms with E-state index < -0.39 is 0 Å². The quantitative estimate of drug-likeness (QED) is 0.831. The Labute approximate surface area is 154 Å². The fraction of sp³-hybridized carbons (Fsp3) is 0.650. The average molecular weight is 354 g/mol. The number of aromatic nitrogens is 1. The molecule has 0 unspecified atom stereocenters. The molecule has 26 heavy (non-hydrogen) atoms. The number of nitrogens with zero attached hydrogens (tertiary/aromatic N) is 4. The number of nitriles is 1. The van der Waals surface area contributed by atoms with Crippen molar-refractivity contribution < 1.29 is 9.53 Å². The highest BCUT2D eigenvalue weighted by Crippen LogP contribution is 2.42. The Morgan fingerprint density at radius 2 is 2.23 bits per heavy atom. The van der Waals surface area contributed by atoms with Crippen LogP contribution < -0.4 is 9.64 Å². The Morgan fingerprint density at radius 1 is 1.38 bits per heavy atom. The summed E-state index contributed by atoms with van der Waals surface area (Å²) < 4.78 is 5.27. The summed E-state index contributed by atoms with van der Waals surface area (Å²) in [5.74, 6) is 1.44. The summed E-state index contributed by atoms with van der Waals surface area (Å²) in [7, 11) is 1.55. The van der Waals surface area contributed by atoms with Crippen molar-refractivity contribution in [1.82, 2.24) is 9.88 Å². The van der Waals surface area contributed by atoms with Gasteiger partial charge in [-0.05, 0) is 44.1 Å². The van der Waals surface area contributed by atoms with Gasteiger partial charge in [-0.1, -0.05) is 0 Å². The second-order valence-electron chi connectivity index (χ2n) is 8.07. The molecular formula is C20H26N4O2. The predicted molar refractivity (Wildman–Crippen MR) is 97.9 cm³/mol. The third-order valence-electron chi connectivity index (χ3n) is 6.13. The lowest BCUT2D eigenvalue weighted by molar-refractivity contribution is -0.138. The number of likely N-dealkylation sites (tertiary alicyclic amines) is 1. The summed E-state index contributed by atoms with van der Waals surface area (Å²) >= 11 is 0. The maximum absolute atomic E-state index is 12.4. The van der Waals surface area contributed by atoms with Gasteiger partial charge in [0, 0.05) is 44.2 Å².